The molecular formula is C5H10O3Si4. The summed E-state index contributed by atoms with van der Waals surface area (Å²) in [5.74, 6) is 0. The highest BCUT2D eigenvalue weighted by atomic mass is 28.4. The molecule has 0 spiro atoms. The van der Waals surface area contributed by atoms with Crippen LogP contribution in [0.3, 0.4) is 0 Å². The van der Waals surface area contributed by atoms with Gasteiger partial charge in [0.2, 0.25) is 18.4 Å². The molecule has 0 aromatic heterocycles. The fourth-order valence-corrected chi connectivity index (χ4v) is 2.66. The Morgan fingerprint density at radius 3 is 1.42 bits per heavy atom. The van der Waals surface area contributed by atoms with Gasteiger partial charge in [-0.15, -0.1) is 12.0 Å². The first-order valence-corrected chi connectivity index (χ1v) is 7.53. The van der Waals surface area contributed by atoms with Crippen LogP contribution < -0.4 is 0 Å². The molecular weight excluding hydrogens is 220 g/mol. The summed E-state index contributed by atoms with van der Waals surface area (Å²) in [6.45, 7) is 0. The molecule has 1 fully saturated rings. The van der Waals surface area contributed by atoms with Crippen LogP contribution in [0.2, 0.25) is 0 Å². The Kier molecular flexibility index (Phi) is 10.2. The maximum absolute atomic E-state index is 4.90. The third-order valence-electron chi connectivity index (χ3n) is 0.573. The first-order chi connectivity index (χ1) is 5.20. The molecule has 0 N–H and O–H groups in total. The molecule has 0 amide bonds. The Balaban J connectivity index is 0. The van der Waals surface area contributed by atoms with E-state index in [0.717, 1.165) is 0 Å². The van der Waals surface area contributed by atoms with E-state index in [1.54, 1.807) is 0 Å². The summed E-state index contributed by atoms with van der Waals surface area (Å²) in [7, 11) is -1.93. The van der Waals surface area contributed by atoms with Crippen molar-refractivity contribution in [2.75, 3.05) is 0 Å². The van der Waals surface area contributed by atoms with E-state index in [1.165, 1.54) is 0 Å². The van der Waals surface area contributed by atoms with Crippen molar-refractivity contribution in [2.24, 2.45) is 0 Å². The van der Waals surface area contributed by atoms with E-state index in [-0.39, 0.29) is 25.8 Å². The molecule has 0 atom stereocenters. The average molecular weight is 230 g/mol. The van der Waals surface area contributed by atoms with E-state index in [0.29, 0.717) is 0 Å². The normalized spacial score (nSPS) is 10.5. The van der Waals surface area contributed by atoms with Crippen molar-refractivity contribution in [1.29, 1.82) is 0 Å². The molecule has 12 heavy (non-hydrogen) atoms. The average Bonchev–Trinajstić information content (AvgIpc) is 1.88. The van der Waals surface area contributed by atoms with Crippen LogP contribution >= 0.6 is 0 Å². The van der Waals surface area contributed by atoms with Crippen LogP contribution in [0.4, 0.5) is 0 Å². The lowest BCUT2D eigenvalue weighted by atomic mass is 12.0. The molecule has 1 aliphatic rings. The highest BCUT2D eigenvalue weighted by Crippen LogP contribution is 1.89. The van der Waals surface area contributed by atoms with Crippen molar-refractivity contribution in [2.45, 2.75) is 7.43 Å². The quantitative estimate of drug-likeness (QED) is 0.505. The minimum atomic E-state index is -1.01. The van der Waals surface area contributed by atoms with E-state index < -0.39 is 17.8 Å². The maximum atomic E-state index is 4.90. The highest BCUT2D eigenvalue weighted by Gasteiger charge is 2.17. The predicted molar refractivity (Wildman–Crippen MR) is 57.1 cm³/mol. The SMILES string of the molecule is C.C#[Si]O[Si]#C.C=[Si]1O[Si](=C)O1. The van der Waals surface area contributed by atoms with Crippen molar-refractivity contribution >= 4 is 48.5 Å². The van der Waals surface area contributed by atoms with Gasteiger partial charge in [0.05, 0.1) is 0 Å². The number of hydrogen-bond acceptors (Lipinski definition) is 3. The van der Waals surface area contributed by atoms with Crippen molar-refractivity contribution < 1.29 is 12.3 Å². The molecule has 3 nitrogen and oxygen atoms in total. The second-order valence-corrected chi connectivity index (χ2v) is 5.69. The van der Waals surface area contributed by atoms with Gasteiger partial charge < -0.3 is 12.3 Å². The molecule has 1 saturated heterocycles. The van der Waals surface area contributed by atoms with E-state index in [4.69, 9.17) is 20.2 Å². The Morgan fingerprint density at radius 1 is 1.08 bits per heavy atom. The highest BCUT2D eigenvalue weighted by molar-refractivity contribution is 6.75. The second kappa shape index (κ2) is 8.66. The fraction of sp³-hybridized carbons (Fsp3) is 0.200. The van der Waals surface area contributed by atoms with E-state index in [1.807, 2.05) is 0 Å². The summed E-state index contributed by atoms with van der Waals surface area (Å²) in [4.78, 5) is 0. The van der Waals surface area contributed by atoms with Crippen molar-refractivity contribution in [3.8, 4) is 12.0 Å². The molecule has 0 saturated carbocycles. The van der Waals surface area contributed by atoms with Gasteiger partial charge in [-0.3, -0.25) is 0 Å². The third kappa shape index (κ3) is 7.67. The Labute approximate surface area is 80.7 Å². The van der Waals surface area contributed by atoms with Gasteiger partial charge in [-0.1, -0.05) is 7.43 Å². The lowest BCUT2D eigenvalue weighted by Gasteiger charge is -2.18. The predicted octanol–water partition coefficient (Wildman–Crippen LogP) is -0.907. The topological polar surface area (TPSA) is 27.7 Å². The van der Waals surface area contributed by atoms with Crippen LogP contribution in [-0.4, -0.2) is 48.5 Å². The Morgan fingerprint density at radius 2 is 1.42 bits per heavy atom. The molecule has 0 radical (unpaired) electrons. The van der Waals surface area contributed by atoms with Gasteiger partial charge in [0, 0.05) is 0 Å². The van der Waals surface area contributed by atoms with Crippen LogP contribution in [0.15, 0.2) is 0 Å². The van der Waals surface area contributed by atoms with Gasteiger partial charge in [0.25, 0.3) is 0 Å². The summed E-state index contributed by atoms with van der Waals surface area (Å²) in [6.07, 6.45) is 7.07. The van der Waals surface area contributed by atoms with Gasteiger partial charge in [0.15, 0.2) is 0 Å². The lowest BCUT2D eigenvalue weighted by molar-refractivity contribution is 0.334. The Hall–Kier alpha value is -0.432. The zero-order chi connectivity index (χ0) is 8.69. The van der Waals surface area contributed by atoms with Crippen molar-refractivity contribution in [3.63, 3.8) is 0 Å². The maximum Gasteiger partial charge on any atom is 0.456 e. The minimum absolute atomic E-state index is 0. The van der Waals surface area contributed by atoms with E-state index in [9.17, 15) is 0 Å². The molecule has 1 rings (SSSR count). The summed E-state index contributed by atoms with van der Waals surface area (Å²) < 4.78 is 14.2. The molecule has 1 aliphatic heterocycles. The van der Waals surface area contributed by atoms with Gasteiger partial charge in [-0.2, -0.15) is 0 Å². The van der Waals surface area contributed by atoms with E-state index in [2.05, 4.69) is 16.5 Å². The molecule has 0 aliphatic carbocycles. The van der Waals surface area contributed by atoms with Gasteiger partial charge in [-0.05, 0) is 12.3 Å². The smallest absolute Gasteiger partial charge is 0.456 e. The van der Waals surface area contributed by atoms with Crippen molar-refractivity contribution in [3.05, 3.63) is 0 Å². The van der Waals surface area contributed by atoms with E-state index >= 15 is 0 Å². The summed E-state index contributed by atoms with van der Waals surface area (Å²) in [5, 5.41) is 0. The number of hydrogen-bond donors (Lipinski definition) is 0. The first-order valence-electron chi connectivity index (χ1n) is 2.51. The van der Waals surface area contributed by atoms with Gasteiger partial charge >= 0.3 is 17.8 Å². The monoisotopic (exact) mass is 230 g/mol. The minimum Gasteiger partial charge on any atom is -0.525 e. The summed E-state index contributed by atoms with van der Waals surface area (Å²) in [6, 6.07) is 9.74. The molecule has 64 valence electrons. The van der Waals surface area contributed by atoms with Crippen LogP contribution in [0.1, 0.15) is 7.43 Å². The molecule has 0 unspecified atom stereocenters. The fourth-order valence-electron chi connectivity index (χ4n) is 0.296. The second-order valence-electron chi connectivity index (χ2n) is 1.29. The Bertz CT molecular complexity index is 214. The number of rotatable bonds is 0. The molecule has 7 heteroatoms. The van der Waals surface area contributed by atoms with Crippen LogP contribution in [0.5, 0.6) is 0 Å². The zero-order valence-corrected chi connectivity index (χ0v) is 9.79. The zero-order valence-electron chi connectivity index (χ0n) is 5.79. The van der Waals surface area contributed by atoms with Crippen LogP contribution in [0, 0.1) is 12.0 Å². The molecule has 0 bridgehead atoms. The molecule has 0 aromatic carbocycles. The van der Waals surface area contributed by atoms with Crippen LogP contribution in [0.25, 0.3) is 0 Å². The lowest BCUT2D eigenvalue weighted by Crippen LogP contribution is -2.36. The van der Waals surface area contributed by atoms with Crippen LogP contribution in [-0.2, 0) is 12.3 Å². The molecule has 0 aromatic rings. The van der Waals surface area contributed by atoms with Gasteiger partial charge in [0.1, 0.15) is 0 Å². The third-order valence-corrected chi connectivity index (χ3v) is 5.16. The first kappa shape index (κ1) is 14.1. The largest absolute Gasteiger partial charge is 0.525 e. The van der Waals surface area contributed by atoms with Crippen molar-refractivity contribution in [1.82, 2.24) is 0 Å². The molecule has 1 heterocycles. The summed E-state index contributed by atoms with van der Waals surface area (Å²) in [5.41, 5.74) is 0. The summed E-state index contributed by atoms with van der Waals surface area (Å²) >= 11 is 0. The standard InChI is InChI=1S/C2H4O2Si2.C2H2OSi2.CH4/c1-5-3-6(2)4-5;1-4-3-5-2;/h1-2H2;1-2H;1H4. The van der Waals surface area contributed by atoms with Gasteiger partial charge in [-0.25, -0.2) is 0 Å².